The van der Waals surface area contributed by atoms with Gasteiger partial charge in [0.25, 0.3) is 5.91 Å². The number of hydrogen-bond donors (Lipinski definition) is 2. The number of rotatable bonds is 4. The zero-order chi connectivity index (χ0) is 12.1. The van der Waals surface area contributed by atoms with E-state index in [1.54, 1.807) is 24.3 Å². The standard InChI is InChI=1S/C12H17ClN2O/c1-8(2)11(7-14)15-12(16)9-3-5-10(13)6-4-9/h3-6,8,11H,7,14H2,1-2H3,(H,15,16). The number of amides is 1. The zero-order valence-electron chi connectivity index (χ0n) is 9.53. The number of nitrogens with two attached hydrogens (primary N) is 1. The fourth-order valence-electron chi connectivity index (χ4n) is 1.35. The summed E-state index contributed by atoms with van der Waals surface area (Å²) in [5.74, 6) is 0.210. The normalized spacial score (nSPS) is 12.6. The van der Waals surface area contributed by atoms with E-state index < -0.39 is 0 Å². The molecular formula is C12H17ClN2O. The monoisotopic (exact) mass is 240 g/mol. The van der Waals surface area contributed by atoms with Gasteiger partial charge in [-0.15, -0.1) is 0 Å². The first-order valence-electron chi connectivity index (χ1n) is 5.31. The maximum atomic E-state index is 11.8. The molecule has 3 nitrogen and oxygen atoms in total. The first-order valence-corrected chi connectivity index (χ1v) is 5.69. The van der Waals surface area contributed by atoms with Crippen LogP contribution >= 0.6 is 11.6 Å². The topological polar surface area (TPSA) is 55.1 Å². The minimum atomic E-state index is -0.110. The average Bonchev–Trinajstić information content (AvgIpc) is 2.26. The predicted octanol–water partition coefficient (Wildman–Crippen LogP) is 2.05. The fourth-order valence-corrected chi connectivity index (χ4v) is 1.48. The van der Waals surface area contributed by atoms with E-state index in [0.29, 0.717) is 23.0 Å². The third kappa shape index (κ3) is 3.51. The minimum absolute atomic E-state index is 0.00294. The molecule has 0 heterocycles. The Hall–Kier alpha value is -1.06. The van der Waals surface area contributed by atoms with Gasteiger partial charge in [-0.25, -0.2) is 0 Å². The zero-order valence-corrected chi connectivity index (χ0v) is 10.3. The Kier molecular flexibility index (Phi) is 4.77. The number of hydrogen-bond acceptors (Lipinski definition) is 2. The highest BCUT2D eigenvalue weighted by Crippen LogP contribution is 2.10. The van der Waals surface area contributed by atoms with Crippen LogP contribution < -0.4 is 11.1 Å². The third-order valence-corrected chi connectivity index (χ3v) is 2.73. The van der Waals surface area contributed by atoms with Crippen LogP contribution in [-0.2, 0) is 0 Å². The second kappa shape index (κ2) is 5.87. The highest BCUT2D eigenvalue weighted by Gasteiger charge is 2.15. The molecule has 4 heteroatoms. The lowest BCUT2D eigenvalue weighted by Gasteiger charge is -2.20. The Bertz CT molecular complexity index is 349. The van der Waals surface area contributed by atoms with Crippen LogP contribution in [0.15, 0.2) is 24.3 Å². The van der Waals surface area contributed by atoms with E-state index in [0.717, 1.165) is 0 Å². The molecule has 3 N–H and O–H groups in total. The average molecular weight is 241 g/mol. The van der Waals surface area contributed by atoms with Crippen LogP contribution in [0.4, 0.5) is 0 Å². The lowest BCUT2D eigenvalue weighted by Crippen LogP contribution is -2.43. The van der Waals surface area contributed by atoms with Crippen molar-refractivity contribution in [3.05, 3.63) is 34.9 Å². The molecule has 0 aliphatic heterocycles. The highest BCUT2D eigenvalue weighted by atomic mass is 35.5. The molecule has 16 heavy (non-hydrogen) atoms. The van der Waals surface area contributed by atoms with Crippen molar-refractivity contribution in [2.45, 2.75) is 19.9 Å². The van der Waals surface area contributed by atoms with E-state index in [4.69, 9.17) is 17.3 Å². The van der Waals surface area contributed by atoms with Crippen LogP contribution in [0.5, 0.6) is 0 Å². The third-order valence-electron chi connectivity index (χ3n) is 2.48. The molecular weight excluding hydrogens is 224 g/mol. The molecule has 1 aromatic rings. The van der Waals surface area contributed by atoms with Gasteiger partial charge in [0.2, 0.25) is 0 Å². The van der Waals surface area contributed by atoms with E-state index in [-0.39, 0.29) is 11.9 Å². The second-order valence-corrected chi connectivity index (χ2v) is 4.50. The summed E-state index contributed by atoms with van der Waals surface area (Å²) in [7, 11) is 0. The maximum Gasteiger partial charge on any atom is 0.251 e. The molecule has 0 aromatic heterocycles. The van der Waals surface area contributed by atoms with Gasteiger partial charge in [-0.3, -0.25) is 4.79 Å². The first kappa shape index (κ1) is 13.0. The molecule has 0 bridgehead atoms. The first-order chi connectivity index (χ1) is 7.54. The SMILES string of the molecule is CC(C)C(CN)NC(=O)c1ccc(Cl)cc1. The summed E-state index contributed by atoms with van der Waals surface area (Å²) in [4.78, 5) is 11.8. The number of halogens is 1. The largest absolute Gasteiger partial charge is 0.348 e. The summed E-state index contributed by atoms with van der Waals surface area (Å²) >= 11 is 5.75. The molecule has 0 saturated carbocycles. The molecule has 0 spiro atoms. The Labute approximate surface area is 101 Å². The quantitative estimate of drug-likeness (QED) is 0.847. The highest BCUT2D eigenvalue weighted by molar-refractivity contribution is 6.30. The van der Waals surface area contributed by atoms with E-state index >= 15 is 0 Å². The van der Waals surface area contributed by atoms with Crippen molar-refractivity contribution in [3.8, 4) is 0 Å². The molecule has 0 saturated heterocycles. The minimum Gasteiger partial charge on any atom is -0.348 e. The molecule has 0 radical (unpaired) electrons. The van der Waals surface area contributed by atoms with Crippen molar-refractivity contribution in [1.82, 2.24) is 5.32 Å². The van der Waals surface area contributed by atoms with Gasteiger partial charge < -0.3 is 11.1 Å². The molecule has 1 atom stereocenters. The fraction of sp³-hybridized carbons (Fsp3) is 0.417. The molecule has 0 aliphatic rings. The van der Waals surface area contributed by atoms with Crippen molar-refractivity contribution < 1.29 is 4.79 Å². The van der Waals surface area contributed by atoms with Crippen LogP contribution in [-0.4, -0.2) is 18.5 Å². The Morgan fingerprint density at radius 2 is 1.94 bits per heavy atom. The van der Waals surface area contributed by atoms with Crippen molar-refractivity contribution >= 4 is 17.5 Å². The summed E-state index contributed by atoms with van der Waals surface area (Å²) in [6, 6.07) is 6.80. The van der Waals surface area contributed by atoms with Gasteiger partial charge in [-0.05, 0) is 30.2 Å². The van der Waals surface area contributed by atoms with Gasteiger partial charge >= 0.3 is 0 Å². The van der Waals surface area contributed by atoms with Crippen molar-refractivity contribution in [1.29, 1.82) is 0 Å². The van der Waals surface area contributed by atoms with Gasteiger partial charge in [-0.1, -0.05) is 25.4 Å². The molecule has 0 aliphatic carbocycles. The van der Waals surface area contributed by atoms with Gasteiger partial charge in [0.1, 0.15) is 0 Å². The lowest BCUT2D eigenvalue weighted by atomic mass is 10.0. The van der Waals surface area contributed by atoms with Crippen LogP contribution in [0.3, 0.4) is 0 Å². The number of benzene rings is 1. The van der Waals surface area contributed by atoms with Crippen molar-refractivity contribution in [2.24, 2.45) is 11.7 Å². The van der Waals surface area contributed by atoms with Gasteiger partial charge in [0, 0.05) is 23.2 Å². The number of carbonyl (C=O) groups is 1. The summed E-state index contributed by atoms with van der Waals surface area (Å²) in [5, 5.41) is 3.52. The van der Waals surface area contributed by atoms with Crippen LogP contribution in [0.1, 0.15) is 24.2 Å². The Morgan fingerprint density at radius 3 is 2.38 bits per heavy atom. The van der Waals surface area contributed by atoms with Gasteiger partial charge in [0.15, 0.2) is 0 Å². The van der Waals surface area contributed by atoms with Crippen LogP contribution in [0.25, 0.3) is 0 Å². The molecule has 88 valence electrons. The van der Waals surface area contributed by atoms with Gasteiger partial charge in [-0.2, -0.15) is 0 Å². The molecule has 1 unspecified atom stereocenters. The molecule has 1 aromatic carbocycles. The molecule has 1 rings (SSSR count). The second-order valence-electron chi connectivity index (χ2n) is 4.07. The maximum absolute atomic E-state index is 11.8. The summed E-state index contributed by atoms with van der Waals surface area (Å²) in [5.41, 5.74) is 6.19. The van der Waals surface area contributed by atoms with E-state index in [1.165, 1.54) is 0 Å². The summed E-state index contributed by atoms with van der Waals surface area (Å²) < 4.78 is 0. The van der Waals surface area contributed by atoms with Crippen LogP contribution in [0, 0.1) is 5.92 Å². The van der Waals surface area contributed by atoms with E-state index in [2.05, 4.69) is 5.32 Å². The Morgan fingerprint density at radius 1 is 1.38 bits per heavy atom. The van der Waals surface area contributed by atoms with E-state index in [1.807, 2.05) is 13.8 Å². The number of nitrogens with one attached hydrogen (secondary N) is 1. The Balaban J connectivity index is 2.68. The van der Waals surface area contributed by atoms with Crippen molar-refractivity contribution in [3.63, 3.8) is 0 Å². The smallest absolute Gasteiger partial charge is 0.251 e. The lowest BCUT2D eigenvalue weighted by molar-refractivity contribution is 0.0928. The number of carbonyl (C=O) groups excluding carboxylic acids is 1. The molecule has 0 fully saturated rings. The van der Waals surface area contributed by atoms with Gasteiger partial charge in [0.05, 0.1) is 0 Å². The molecule has 1 amide bonds. The summed E-state index contributed by atoms with van der Waals surface area (Å²) in [6.07, 6.45) is 0. The van der Waals surface area contributed by atoms with Crippen molar-refractivity contribution in [2.75, 3.05) is 6.54 Å². The van der Waals surface area contributed by atoms with E-state index in [9.17, 15) is 4.79 Å². The predicted molar refractivity (Wildman–Crippen MR) is 66.6 cm³/mol. The van der Waals surface area contributed by atoms with Crippen LogP contribution in [0.2, 0.25) is 5.02 Å². The summed E-state index contributed by atoms with van der Waals surface area (Å²) in [6.45, 7) is 4.50.